The van der Waals surface area contributed by atoms with Crippen molar-refractivity contribution in [3.05, 3.63) is 0 Å². The molecule has 0 N–H and O–H groups in total. The van der Waals surface area contributed by atoms with Crippen LogP contribution in [0.5, 0.6) is 0 Å². The van der Waals surface area contributed by atoms with Gasteiger partial charge in [0, 0.05) is 5.92 Å². The molecule has 2 heteroatoms. The highest BCUT2D eigenvalue weighted by molar-refractivity contribution is 7.59. The minimum absolute atomic E-state index is 0.114. The first-order valence-electron chi connectivity index (χ1n) is 4.08. The minimum Gasteiger partial charge on any atom is -0.189 e. The molecule has 2 atom stereocenters. The fraction of sp³-hybridized carbons (Fsp3) is 0.778. The van der Waals surface area contributed by atoms with Crippen molar-refractivity contribution in [2.75, 3.05) is 6.16 Å². The lowest BCUT2D eigenvalue weighted by molar-refractivity contribution is 0.475. The Hall–Kier alpha value is -0.340. The molecule has 1 nitrogen and oxygen atoms in total. The molecule has 2 unspecified atom stereocenters. The zero-order valence-electron chi connectivity index (χ0n) is 7.46. The third-order valence-corrected chi connectivity index (χ3v) is 6.05. The van der Waals surface area contributed by atoms with Crippen LogP contribution in [0, 0.1) is 17.2 Å². The lowest BCUT2D eigenvalue weighted by atomic mass is 9.95. The van der Waals surface area contributed by atoms with E-state index in [9.17, 15) is 0 Å². The van der Waals surface area contributed by atoms with E-state index in [0.717, 1.165) is 5.92 Å². The van der Waals surface area contributed by atoms with Crippen LogP contribution in [-0.4, -0.2) is 17.1 Å². The minimum atomic E-state index is -0.114. The summed E-state index contributed by atoms with van der Waals surface area (Å²) in [5.74, 6) is 2.66. The fourth-order valence-electron chi connectivity index (χ4n) is 1.56. The van der Waals surface area contributed by atoms with E-state index in [1.807, 2.05) is 5.80 Å². The lowest BCUT2D eigenvalue weighted by Crippen LogP contribution is -2.19. The van der Waals surface area contributed by atoms with Crippen LogP contribution < -0.4 is 0 Å². The Morgan fingerprint density at radius 1 is 1.64 bits per heavy atom. The fourth-order valence-corrected chi connectivity index (χ4v) is 4.10. The van der Waals surface area contributed by atoms with E-state index in [-0.39, 0.29) is 7.55 Å². The SMILES string of the molecule is CC1CC[P+](=CC#N)C1(C)C. The van der Waals surface area contributed by atoms with E-state index in [0.29, 0.717) is 5.16 Å². The molecule has 1 fully saturated rings. The second kappa shape index (κ2) is 2.95. The van der Waals surface area contributed by atoms with Gasteiger partial charge < -0.3 is 0 Å². The standard InChI is InChI=1S/C9H15NP/c1-8-4-6-11(7-5-10)9(8,2)3/h7-8H,4,6H2,1-3H3/q+1. The van der Waals surface area contributed by atoms with Gasteiger partial charge in [-0.2, -0.15) is 5.26 Å². The highest BCUT2D eigenvalue weighted by atomic mass is 31.1. The van der Waals surface area contributed by atoms with Crippen LogP contribution in [0.3, 0.4) is 0 Å². The van der Waals surface area contributed by atoms with Gasteiger partial charge in [0.05, 0.1) is 0 Å². The molecule has 1 saturated heterocycles. The van der Waals surface area contributed by atoms with E-state index < -0.39 is 0 Å². The summed E-state index contributed by atoms with van der Waals surface area (Å²) in [4.78, 5) is 0. The van der Waals surface area contributed by atoms with Crippen LogP contribution in [0.4, 0.5) is 0 Å². The second-order valence-electron chi connectivity index (χ2n) is 3.79. The third-order valence-electron chi connectivity index (χ3n) is 2.96. The second-order valence-corrected chi connectivity index (χ2v) is 6.59. The first kappa shape index (κ1) is 8.75. The van der Waals surface area contributed by atoms with Crippen molar-refractivity contribution in [2.45, 2.75) is 32.3 Å². The summed E-state index contributed by atoms with van der Waals surface area (Å²) < 4.78 is 0. The zero-order valence-corrected chi connectivity index (χ0v) is 8.36. The summed E-state index contributed by atoms with van der Waals surface area (Å²) in [6.07, 6.45) is 2.56. The van der Waals surface area contributed by atoms with Crippen LogP contribution in [-0.2, 0) is 0 Å². The molecule has 0 radical (unpaired) electrons. The van der Waals surface area contributed by atoms with Gasteiger partial charge in [-0.1, -0.05) is 6.92 Å². The molecule has 0 saturated carbocycles. The maximum absolute atomic E-state index is 8.56. The van der Waals surface area contributed by atoms with Gasteiger partial charge in [-0.25, -0.2) is 0 Å². The van der Waals surface area contributed by atoms with E-state index >= 15 is 0 Å². The number of rotatable bonds is 0. The van der Waals surface area contributed by atoms with Crippen molar-refractivity contribution in [1.82, 2.24) is 0 Å². The highest BCUT2D eigenvalue weighted by Gasteiger charge is 2.45. The van der Waals surface area contributed by atoms with Crippen LogP contribution >= 0.6 is 7.55 Å². The highest BCUT2D eigenvalue weighted by Crippen LogP contribution is 2.52. The molecule has 1 rings (SSSR count). The smallest absolute Gasteiger partial charge is 0.184 e. The summed E-state index contributed by atoms with van der Waals surface area (Å²) in [6.45, 7) is 6.89. The predicted octanol–water partition coefficient (Wildman–Crippen LogP) is 2.61. The largest absolute Gasteiger partial charge is 0.189 e. The molecular formula is C9H15NP+. The normalized spacial score (nSPS) is 32.2. The van der Waals surface area contributed by atoms with Crippen molar-refractivity contribution < 1.29 is 0 Å². The Bertz CT molecular complexity index is 222. The van der Waals surface area contributed by atoms with E-state index in [1.165, 1.54) is 12.6 Å². The molecule has 0 spiro atoms. The molecule has 0 aromatic heterocycles. The number of hydrogen-bond acceptors (Lipinski definition) is 1. The lowest BCUT2D eigenvalue weighted by Gasteiger charge is -2.15. The Kier molecular flexibility index (Phi) is 2.35. The molecule has 0 aromatic rings. The molecule has 0 aromatic carbocycles. The van der Waals surface area contributed by atoms with Gasteiger partial charge in [-0.15, -0.1) is 0 Å². The van der Waals surface area contributed by atoms with Crippen molar-refractivity contribution >= 4 is 13.3 Å². The van der Waals surface area contributed by atoms with Crippen molar-refractivity contribution in [1.29, 1.82) is 5.26 Å². The van der Waals surface area contributed by atoms with E-state index in [4.69, 9.17) is 5.26 Å². The molecule has 1 heterocycles. The average molecular weight is 168 g/mol. The molecule has 1 aliphatic heterocycles. The first-order valence-corrected chi connectivity index (χ1v) is 5.68. The van der Waals surface area contributed by atoms with Crippen LogP contribution in [0.25, 0.3) is 0 Å². The summed E-state index contributed by atoms with van der Waals surface area (Å²) in [5.41, 5.74) is 0. The summed E-state index contributed by atoms with van der Waals surface area (Å²) in [5, 5.41) is 8.96. The van der Waals surface area contributed by atoms with Gasteiger partial charge >= 0.3 is 0 Å². The molecule has 11 heavy (non-hydrogen) atoms. The van der Waals surface area contributed by atoms with Crippen molar-refractivity contribution in [3.63, 3.8) is 0 Å². The monoisotopic (exact) mass is 168 g/mol. The van der Waals surface area contributed by atoms with Gasteiger partial charge in [0.1, 0.15) is 24.9 Å². The summed E-state index contributed by atoms with van der Waals surface area (Å²) in [6, 6.07) is 2.19. The van der Waals surface area contributed by atoms with Crippen molar-refractivity contribution in [3.8, 4) is 6.07 Å². The van der Waals surface area contributed by atoms with Gasteiger partial charge in [0.25, 0.3) is 0 Å². The number of nitriles is 1. The topological polar surface area (TPSA) is 23.8 Å². The van der Waals surface area contributed by atoms with E-state index in [1.54, 1.807) is 0 Å². The van der Waals surface area contributed by atoms with Gasteiger partial charge in [0.2, 0.25) is 0 Å². The summed E-state index contributed by atoms with van der Waals surface area (Å²) >= 11 is 0. The number of hydrogen-bond donors (Lipinski definition) is 0. The van der Waals surface area contributed by atoms with E-state index in [2.05, 4.69) is 26.8 Å². The Balaban J connectivity index is 2.89. The van der Waals surface area contributed by atoms with Gasteiger partial charge in [-0.05, 0) is 20.3 Å². The third kappa shape index (κ3) is 1.47. The van der Waals surface area contributed by atoms with Crippen molar-refractivity contribution in [2.24, 2.45) is 5.92 Å². The van der Waals surface area contributed by atoms with Crippen LogP contribution in [0.2, 0.25) is 0 Å². The Morgan fingerprint density at radius 3 is 2.64 bits per heavy atom. The molecule has 60 valence electrons. The van der Waals surface area contributed by atoms with Gasteiger partial charge in [-0.3, -0.25) is 0 Å². The quantitative estimate of drug-likeness (QED) is 0.510. The molecule has 0 bridgehead atoms. The molecule has 1 aliphatic rings. The summed E-state index contributed by atoms with van der Waals surface area (Å²) in [7, 11) is -0.114. The predicted molar refractivity (Wildman–Crippen MR) is 51.3 cm³/mol. The number of nitrogens with zero attached hydrogens (tertiary/aromatic N) is 1. The molecular weight excluding hydrogens is 153 g/mol. The average Bonchev–Trinajstić information content (AvgIpc) is 2.16. The Morgan fingerprint density at radius 2 is 2.27 bits per heavy atom. The Labute approximate surface area is 69.8 Å². The van der Waals surface area contributed by atoms with Gasteiger partial charge in [0.15, 0.2) is 5.80 Å². The maximum atomic E-state index is 8.56. The molecule has 0 aliphatic carbocycles. The van der Waals surface area contributed by atoms with Crippen LogP contribution in [0.15, 0.2) is 0 Å². The van der Waals surface area contributed by atoms with Crippen LogP contribution in [0.1, 0.15) is 27.2 Å². The maximum Gasteiger partial charge on any atom is 0.184 e. The first-order chi connectivity index (χ1) is 5.09. The molecule has 0 amide bonds. The zero-order chi connectivity index (χ0) is 8.48.